The van der Waals surface area contributed by atoms with Gasteiger partial charge in [0.1, 0.15) is 5.75 Å². The largest absolute Gasteiger partial charge is 0.484 e. The first kappa shape index (κ1) is 20.9. The maximum atomic E-state index is 12.4. The normalized spacial score (nSPS) is 13.8. The predicted molar refractivity (Wildman–Crippen MR) is 121 cm³/mol. The summed E-state index contributed by atoms with van der Waals surface area (Å²) in [5.74, 6) is 0.512. The van der Waals surface area contributed by atoms with Crippen molar-refractivity contribution < 1.29 is 14.3 Å². The van der Waals surface area contributed by atoms with Gasteiger partial charge in [-0.1, -0.05) is 53.8 Å². The fraction of sp³-hybridized carbons (Fsp3) is 0.261. The van der Waals surface area contributed by atoms with Crippen LogP contribution in [0, 0.1) is 0 Å². The van der Waals surface area contributed by atoms with E-state index in [9.17, 15) is 9.59 Å². The Balaban J connectivity index is 1.25. The molecule has 0 spiro atoms. The van der Waals surface area contributed by atoms with Gasteiger partial charge >= 0.3 is 6.03 Å². The van der Waals surface area contributed by atoms with Gasteiger partial charge in [-0.15, -0.1) is 0 Å². The molecule has 7 nitrogen and oxygen atoms in total. The second kappa shape index (κ2) is 9.61. The van der Waals surface area contributed by atoms with E-state index in [0.29, 0.717) is 16.9 Å². The quantitative estimate of drug-likeness (QED) is 0.489. The van der Waals surface area contributed by atoms with Crippen molar-refractivity contribution in [1.29, 1.82) is 0 Å². The molecule has 2 aromatic carbocycles. The number of urea groups is 1. The van der Waals surface area contributed by atoms with Crippen molar-refractivity contribution in [3.05, 3.63) is 66.4 Å². The minimum Gasteiger partial charge on any atom is -0.484 e. The zero-order chi connectivity index (χ0) is 21.6. The molecule has 1 unspecified atom stereocenters. The number of nitrogens with one attached hydrogen (secondary N) is 3. The Morgan fingerprint density at radius 2 is 1.87 bits per heavy atom. The van der Waals surface area contributed by atoms with E-state index < -0.39 is 0 Å². The molecule has 160 valence electrons. The number of carbonyl (C=O) groups is 2. The Kier molecular flexibility index (Phi) is 6.47. The summed E-state index contributed by atoms with van der Waals surface area (Å²) < 4.78 is 5.51. The molecule has 1 aliphatic carbocycles. The van der Waals surface area contributed by atoms with Gasteiger partial charge in [-0.25, -0.2) is 9.78 Å². The predicted octanol–water partition coefficient (Wildman–Crippen LogP) is 4.35. The molecule has 0 radical (unpaired) electrons. The fourth-order valence-electron chi connectivity index (χ4n) is 2.98. The third-order valence-corrected chi connectivity index (χ3v) is 5.79. The second-order valence-corrected chi connectivity index (χ2v) is 8.45. The molecular formula is C23H24N4O3S. The van der Waals surface area contributed by atoms with Crippen molar-refractivity contribution in [3.63, 3.8) is 0 Å². The molecule has 4 rings (SSSR count). The Hall–Kier alpha value is -3.39. The molecule has 3 N–H and O–H groups in total. The van der Waals surface area contributed by atoms with Gasteiger partial charge < -0.3 is 15.4 Å². The number of rotatable bonds is 8. The second-order valence-electron chi connectivity index (χ2n) is 7.42. The lowest BCUT2D eigenvalue weighted by molar-refractivity contribution is -0.123. The number of thiazole rings is 1. The van der Waals surface area contributed by atoms with Crippen LogP contribution in [0.5, 0.6) is 5.75 Å². The van der Waals surface area contributed by atoms with Crippen molar-refractivity contribution in [1.82, 2.24) is 15.6 Å². The molecule has 31 heavy (non-hydrogen) atoms. The zero-order valence-corrected chi connectivity index (χ0v) is 17.9. The van der Waals surface area contributed by atoms with Gasteiger partial charge in [0.25, 0.3) is 5.91 Å². The third kappa shape index (κ3) is 6.05. The topological polar surface area (TPSA) is 92.3 Å². The van der Waals surface area contributed by atoms with Crippen LogP contribution in [0.1, 0.15) is 31.4 Å². The Morgan fingerprint density at radius 1 is 1.13 bits per heavy atom. The van der Waals surface area contributed by atoms with E-state index in [1.165, 1.54) is 11.3 Å². The van der Waals surface area contributed by atoms with Crippen molar-refractivity contribution in [2.24, 2.45) is 0 Å². The van der Waals surface area contributed by atoms with E-state index in [0.717, 1.165) is 28.8 Å². The number of nitrogens with zero attached hydrogens (tertiary/aromatic N) is 1. The van der Waals surface area contributed by atoms with Crippen molar-refractivity contribution in [3.8, 4) is 16.2 Å². The van der Waals surface area contributed by atoms with E-state index in [-0.39, 0.29) is 24.6 Å². The number of amides is 3. The number of carbonyl (C=O) groups excluding carboxylic acids is 2. The van der Waals surface area contributed by atoms with Crippen LogP contribution in [0.3, 0.4) is 0 Å². The highest BCUT2D eigenvalue weighted by atomic mass is 32.1. The first-order valence-electron chi connectivity index (χ1n) is 10.2. The van der Waals surface area contributed by atoms with Crippen LogP contribution in [0.15, 0.2) is 60.8 Å². The summed E-state index contributed by atoms with van der Waals surface area (Å²) in [6, 6.07) is 17.0. The zero-order valence-electron chi connectivity index (χ0n) is 17.1. The molecule has 0 saturated heterocycles. The molecule has 3 amide bonds. The van der Waals surface area contributed by atoms with E-state index in [1.807, 2.05) is 49.4 Å². The van der Waals surface area contributed by atoms with Crippen LogP contribution in [0.25, 0.3) is 10.4 Å². The minimum atomic E-state index is -0.321. The molecule has 1 atom stereocenters. The molecule has 8 heteroatoms. The molecule has 1 saturated carbocycles. The lowest BCUT2D eigenvalue weighted by Gasteiger charge is -2.15. The Morgan fingerprint density at radius 3 is 2.58 bits per heavy atom. The van der Waals surface area contributed by atoms with Gasteiger partial charge in [-0.05, 0) is 43.0 Å². The molecule has 1 fully saturated rings. The van der Waals surface area contributed by atoms with Gasteiger partial charge in [0, 0.05) is 12.2 Å². The maximum absolute atomic E-state index is 12.4. The monoisotopic (exact) mass is 436 g/mol. The van der Waals surface area contributed by atoms with Crippen molar-refractivity contribution in [2.45, 2.75) is 31.8 Å². The Labute approximate surface area is 184 Å². The third-order valence-electron chi connectivity index (χ3n) is 4.82. The summed E-state index contributed by atoms with van der Waals surface area (Å²) in [6.07, 6.45) is 3.86. The number of anilines is 1. The van der Waals surface area contributed by atoms with E-state index >= 15 is 0 Å². The number of ether oxygens (including phenoxy) is 1. The van der Waals surface area contributed by atoms with Crippen LogP contribution in [0.4, 0.5) is 9.93 Å². The van der Waals surface area contributed by atoms with Crippen molar-refractivity contribution >= 4 is 28.4 Å². The summed E-state index contributed by atoms with van der Waals surface area (Å²) in [6.45, 7) is 1.90. The highest BCUT2D eigenvalue weighted by molar-refractivity contribution is 7.19. The summed E-state index contributed by atoms with van der Waals surface area (Å²) in [7, 11) is 0. The molecule has 1 heterocycles. The van der Waals surface area contributed by atoms with Gasteiger partial charge in [0.2, 0.25) is 0 Å². The van der Waals surface area contributed by atoms with Gasteiger partial charge in [0.15, 0.2) is 11.7 Å². The van der Waals surface area contributed by atoms with Gasteiger partial charge in [0.05, 0.1) is 10.9 Å². The lowest BCUT2D eigenvalue weighted by Crippen LogP contribution is -2.31. The van der Waals surface area contributed by atoms with Crippen LogP contribution in [-0.2, 0) is 4.79 Å². The fourth-order valence-corrected chi connectivity index (χ4v) is 3.80. The summed E-state index contributed by atoms with van der Waals surface area (Å²) in [4.78, 5) is 29.3. The number of hydrogen-bond acceptors (Lipinski definition) is 5. The number of benzene rings is 2. The summed E-state index contributed by atoms with van der Waals surface area (Å²) >= 11 is 1.42. The van der Waals surface area contributed by atoms with Crippen LogP contribution in [-0.4, -0.2) is 29.6 Å². The Bertz CT molecular complexity index is 1030. The summed E-state index contributed by atoms with van der Waals surface area (Å²) in [5, 5.41) is 9.11. The van der Waals surface area contributed by atoms with Crippen LogP contribution >= 0.6 is 11.3 Å². The highest BCUT2D eigenvalue weighted by Crippen LogP contribution is 2.28. The standard InChI is InChI=1S/C23H24N4O3S/c1-15(16-7-11-19(12-8-16)30-14-21(28)26-18-9-10-18)25-22(29)27-23-24-13-20(31-23)17-5-3-2-4-6-17/h2-8,11-13,15,18H,9-10,14H2,1H3,(H,26,28)(H2,24,25,27,29). The maximum Gasteiger partial charge on any atom is 0.321 e. The molecule has 1 aromatic heterocycles. The van der Waals surface area contributed by atoms with E-state index in [1.54, 1.807) is 18.3 Å². The molecular weight excluding hydrogens is 412 g/mol. The molecule has 0 aliphatic heterocycles. The SMILES string of the molecule is CC(NC(=O)Nc1ncc(-c2ccccc2)s1)c1ccc(OCC(=O)NC2CC2)cc1. The molecule has 3 aromatic rings. The lowest BCUT2D eigenvalue weighted by atomic mass is 10.1. The van der Waals surface area contributed by atoms with E-state index in [4.69, 9.17) is 4.74 Å². The highest BCUT2D eigenvalue weighted by Gasteiger charge is 2.23. The van der Waals surface area contributed by atoms with Gasteiger partial charge in [-0.2, -0.15) is 0 Å². The van der Waals surface area contributed by atoms with Crippen LogP contribution in [0.2, 0.25) is 0 Å². The number of hydrogen-bond donors (Lipinski definition) is 3. The van der Waals surface area contributed by atoms with E-state index in [2.05, 4.69) is 20.9 Å². The average Bonchev–Trinajstić information content (AvgIpc) is 3.47. The van der Waals surface area contributed by atoms with Crippen molar-refractivity contribution in [2.75, 3.05) is 11.9 Å². The molecule has 0 bridgehead atoms. The first-order valence-corrected chi connectivity index (χ1v) is 11.0. The van der Waals surface area contributed by atoms with Crippen LogP contribution < -0.4 is 20.7 Å². The smallest absolute Gasteiger partial charge is 0.321 e. The molecule has 1 aliphatic rings. The van der Waals surface area contributed by atoms with Gasteiger partial charge in [-0.3, -0.25) is 10.1 Å². The average molecular weight is 437 g/mol. The minimum absolute atomic E-state index is 0.00480. The number of aromatic nitrogens is 1. The summed E-state index contributed by atoms with van der Waals surface area (Å²) in [5.41, 5.74) is 1.99. The first-order chi connectivity index (χ1) is 15.1.